The van der Waals surface area contributed by atoms with Gasteiger partial charge in [0, 0.05) is 6.54 Å². The van der Waals surface area contributed by atoms with Crippen molar-refractivity contribution >= 4 is 28.3 Å². The summed E-state index contributed by atoms with van der Waals surface area (Å²) in [7, 11) is 0. The molecule has 5 heteroatoms. The second kappa shape index (κ2) is 6.43. The first-order valence-corrected chi connectivity index (χ1v) is 7.11. The van der Waals surface area contributed by atoms with Gasteiger partial charge in [0.05, 0.1) is 10.6 Å². The first-order chi connectivity index (χ1) is 9.60. The molecule has 0 aliphatic heterocycles. The van der Waals surface area contributed by atoms with Crippen LogP contribution in [0.25, 0.3) is 6.08 Å². The fourth-order valence-corrected chi connectivity index (χ4v) is 2.66. The van der Waals surface area contributed by atoms with Crippen LogP contribution >= 0.6 is 11.3 Å². The summed E-state index contributed by atoms with van der Waals surface area (Å²) in [4.78, 5) is 17.0. The van der Waals surface area contributed by atoms with Gasteiger partial charge in [0.1, 0.15) is 5.82 Å². The second-order valence-corrected chi connectivity index (χ2v) is 5.22. The number of nitrogens with zero attached hydrogens (tertiary/aromatic N) is 1. The number of ketones is 1. The summed E-state index contributed by atoms with van der Waals surface area (Å²) < 4.78 is 13.0. The van der Waals surface area contributed by atoms with Crippen LogP contribution < -0.4 is 5.32 Å². The van der Waals surface area contributed by atoms with Gasteiger partial charge < -0.3 is 5.32 Å². The summed E-state index contributed by atoms with van der Waals surface area (Å²) in [5, 5.41) is 3.83. The number of benzene rings is 1. The van der Waals surface area contributed by atoms with E-state index in [0.717, 1.165) is 11.7 Å². The van der Waals surface area contributed by atoms with Crippen molar-refractivity contribution in [3.63, 3.8) is 0 Å². The van der Waals surface area contributed by atoms with Crippen LogP contribution in [0.15, 0.2) is 30.3 Å². The van der Waals surface area contributed by atoms with Crippen LogP contribution in [0.3, 0.4) is 0 Å². The molecule has 0 radical (unpaired) electrons. The molecule has 0 amide bonds. The van der Waals surface area contributed by atoms with Gasteiger partial charge in [-0.05, 0) is 37.6 Å². The minimum atomic E-state index is -0.317. The third-order valence-corrected chi connectivity index (χ3v) is 3.75. The minimum absolute atomic E-state index is 0.117. The number of halogens is 1. The summed E-state index contributed by atoms with van der Waals surface area (Å²) in [5.74, 6) is -0.434. The molecule has 2 rings (SSSR count). The maximum Gasteiger partial charge on any atom is 0.197 e. The first kappa shape index (κ1) is 14.4. The Morgan fingerprint density at radius 1 is 1.50 bits per heavy atom. The molecule has 0 bridgehead atoms. The van der Waals surface area contributed by atoms with E-state index in [1.807, 2.05) is 6.92 Å². The predicted molar refractivity (Wildman–Crippen MR) is 80.8 cm³/mol. The Hall–Kier alpha value is -2.01. The number of hydrogen-bond donors (Lipinski definition) is 1. The molecule has 2 aromatic rings. The molecule has 3 nitrogen and oxygen atoms in total. The third kappa shape index (κ3) is 3.51. The van der Waals surface area contributed by atoms with Gasteiger partial charge in [-0.2, -0.15) is 0 Å². The highest BCUT2D eigenvalue weighted by Gasteiger charge is 2.12. The van der Waals surface area contributed by atoms with Crippen LogP contribution in [-0.2, 0) is 0 Å². The minimum Gasteiger partial charge on any atom is -0.362 e. The highest BCUT2D eigenvalue weighted by Crippen LogP contribution is 2.23. The van der Waals surface area contributed by atoms with E-state index in [4.69, 9.17) is 0 Å². The number of anilines is 1. The van der Waals surface area contributed by atoms with E-state index in [9.17, 15) is 9.18 Å². The third-order valence-electron chi connectivity index (χ3n) is 2.62. The van der Waals surface area contributed by atoms with Gasteiger partial charge in [0.25, 0.3) is 0 Å². The van der Waals surface area contributed by atoms with Crippen LogP contribution in [-0.4, -0.2) is 17.3 Å². The number of hydrogen-bond acceptors (Lipinski definition) is 4. The molecule has 20 heavy (non-hydrogen) atoms. The number of rotatable bonds is 5. The molecule has 0 unspecified atom stereocenters. The summed E-state index contributed by atoms with van der Waals surface area (Å²) in [6, 6.07) is 6.11. The van der Waals surface area contributed by atoms with E-state index in [0.29, 0.717) is 16.1 Å². The molecular weight excluding hydrogens is 275 g/mol. The van der Waals surface area contributed by atoms with Gasteiger partial charge >= 0.3 is 0 Å². The zero-order valence-corrected chi connectivity index (χ0v) is 12.1. The normalized spacial score (nSPS) is 10.9. The van der Waals surface area contributed by atoms with Gasteiger partial charge in [-0.1, -0.05) is 29.5 Å². The molecule has 0 saturated heterocycles. The maximum absolute atomic E-state index is 13.0. The van der Waals surface area contributed by atoms with Gasteiger partial charge in [-0.25, -0.2) is 9.37 Å². The van der Waals surface area contributed by atoms with Crippen molar-refractivity contribution in [2.75, 3.05) is 11.9 Å². The topological polar surface area (TPSA) is 42.0 Å². The van der Waals surface area contributed by atoms with Crippen molar-refractivity contribution in [3.8, 4) is 0 Å². The van der Waals surface area contributed by atoms with E-state index in [2.05, 4.69) is 10.3 Å². The molecule has 0 spiro atoms. The van der Waals surface area contributed by atoms with Gasteiger partial charge in [-0.15, -0.1) is 0 Å². The van der Waals surface area contributed by atoms with Crippen molar-refractivity contribution in [2.24, 2.45) is 0 Å². The van der Waals surface area contributed by atoms with Crippen LogP contribution in [0.5, 0.6) is 0 Å². The molecule has 104 valence electrons. The SMILES string of the molecule is CCNc1nc(C)c(C(=O)/C=C/c2cccc(F)c2)s1. The number of aryl methyl sites for hydroxylation is 1. The zero-order valence-electron chi connectivity index (χ0n) is 11.3. The molecule has 1 N–H and O–H groups in total. The number of carbonyl (C=O) groups is 1. The van der Waals surface area contributed by atoms with Crippen LogP contribution in [0, 0.1) is 12.7 Å². The Balaban J connectivity index is 2.15. The molecule has 0 aliphatic carbocycles. The maximum atomic E-state index is 13.0. The van der Waals surface area contributed by atoms with Crippen molar-refractivity contribution in [1.29, 1.82) is 0 Å². The van der Waals surface area contributed by atoms with E-state index in [1.165, 1.54) is 29.5 Å². The second-order valence-electron chi connectivity index (χ2n) is 4.22. The average molecular weight is 290 g/mol. The van der Waals surface area contributed by atoms with E-state index < -0.39 is 0 Å². The number of carbonyl (C=O) groups excluding carboxylic acids is 1. The Labute approximate surface area is 121 Å². The Kier molecular flexibility index (Phi) is 4.63. The van der Waals surface area contributed by atoms with Crippen molar-refractivity contribution in [2.45, 2.75) is 13.8 Å². The van der Waals surface area contributed by atoms with E-state index in [1.54, 1.807) is 25.1 Å². The van der Waals surface area contributed by atoms with E-state index in [-0.39, 0.29) is 11.6 Å². The number of nitrogens with one attached hydrogen (secondary N) is 1. The number of allylic oxidation sites excluding steroid dienone is 1. The summed E-state index contributed by atoms with van der Waals surface area (Å²) in [5.41, 5.74) is 1.37. The van der Waals surface area contributed by atoms with Crippen molar-refractivity contribution < 1.29 is 9.18 Å². The van der Waals surface area contributed by atoms with Gasteiger partial charge in [-0.3, -0.25) is 4.79 Å². The lowest BCUT2D eigenvalue weighted by Gasteiger charge is -1.94. The van der Waals surface area contributed by atoms with Crippen molar-refractivity contribution in [1.82, 2.24) is 4.98 Å². The molecule has 1 aromatic heterocycles. The molecular formula is C15H15FN2OS. The quantitative estimate of drug-likeness (QED) is 0.670. The first-order valence-electron chi connectivity index (χ1n) is 6.29. The molecule has 0 saturated carbocycles. The van der Waals surface area contributed by atoms with E-state index >= 15 is 0 Å². The predicted octanol–water partition coefficient (Wildman–Crippen LogP) is 3.92. The summed E-state index contributed by atoms with van der Waals surface area (Å²) >= 11 is 1.33. The lowest BCUT2D eigenvalue weighted by Crippen LogP contribution is -1.94. The fraction of sp³-hybridized carbons (Fsp3) is 0.200. The molecule has 1 aromatic carbocycles. The Morgan fingerprint density at radius 3 is 3.00 bits per heavy atom. The largest absolute Gasteiger partial charge is 0.362 e. The Bertz CT molecular complexity index is 649. The van der Waals surface area contributed by atoms with Gasteiger partial charge in [0.15, 0.2) is 10.9 Å². The van der Waals surface area contributed by atoms with Crippen molar-refractivity contribution in [3.05, 3.63) is 52.3 Å². The molecule has 0 fully saturated rings. The van der Waals surface area contributed by atoms with Crippen LogP contribution in [0.2, 0.25) is 0 Å². The molecule has 1 heterocycles. The smallest absolute Gasteiger partial charge is 0.197 e. The lowest BCUT2D eigenvalue weighted by atomic mass is 10.2. The summed E-state index contributed by atoms with van der Waals surface area (Å²) in [6.45, 7) is 4.54. The standard InChI is InChI=1S/C15H15FN2OS/c1-3-17-15-18-10(2)14(20-15)13(19)8-7-11-5-4-6-12(16)9-11/h4-9H,3H2,1-2H3,(H,17,18)/b8-7+. The highest BCUT2D eigenvalue weighted by atomic mass is 32.1. The monoisotopic (exact) mass is 290 g/mol. The zero-order chi connectivity index (χ0) is 14.5. The average Bonchev–Trinajstić information content (AvgIpc) is 2.78. The highest BCUT2D eigenvalue weighted by molar-refractivity contribution is 7.17. The molecule has 0 aliphatic rings. The van der Waals surface area contributed by atoms with Gasteiger partial charge in [0.2, 0.25) is 0 Å². The van der Waals surface area contributed by atoms with Crippen LogP contribution in [0.4, 0.5) is 9.52 Å². The Morgan fingerprint density at radius 2 is 2.30 bits per heavy atom. The van der Waals surface area contributed by atoms with Crippen LogP contribution in [0.1, 0.15) is 27.9 Å². The number of aromatic nitrogens is 1. The lowest BCUT2D eigenvalue weighted by molar-refractivity contribution is 0.105. The number of thiazole rings is 1. The fourth-order valence-electron chi connectivity index (χ4n) is 1.71. The molecule has 0 atom stereocenters. The summed E-state index contributed by atoms with van der Waals surface area (Å²) in [6.07, 6.45) is 3.06.